The molecular formula is C13H13N3O2. The molecule has 0 aliphatic rings. The zero-order chi connectivity index (χ0) is 12.5. The van der Waals surface area contributed by atoms with Crippen LogP contribution in [0.15, 0.2) is 35.1 Å². The Hall–Kier alpha value is -2.30. The Bertz CT molecular complexity index is 684. The second-order valence-electron chi connectivity index (χ2n) is 4.16. The molecule has 18 heavy (non-hydrogen) atoms. The third kappa shape index (κ3) is 1.73. The average molecular weight is 243 g/mol. The molecule has 0 saturated carbocycles. The minimum absolute atomic E-state index is 0.658. The fourth-order valence-electron chi connectivity index (χ4n) is 2.00. The van der Waals surface area contributed by atoms with Crippen molar-refractivity contribution in [3.63, 3.8) is 0 Å². The molecule has 0 atom stereocenters. The van der Waals surface area contributed by atoms with E-state index in [4.69, 9.17) is 9.37 Å². The molecule has 0 bridgehead atoms. The molecule has 0 radical (unpaired) electrons. The SMILES string of the molecule is COc1ccc2c(ccn2Cc2nonc2C)c1. The van der Waals surface area contributed by atoms with Crippen LogP contribution in [0.5, 0.6) is 5.75 Å². The van der Waals surface area contributed by atoms with Crippen molar-refractivity contribution in [2.45, 2.75) is 13.5 Å². The standard InChI is InChI=1S/C13H13N3O2/c1-9-12(15-18-14-9)8-16-6-5-10-7-11(17-2)3-4-13(10)16/h3-7H,8H2,1-2H3. The summed E-state index contributed by atoms with van der Waals surface area (Å²) in [4.78, 5) is 0. The lowest BCUT2D eigenvalue weighted by Gasteiger charge is -2.04. The lowest BCUT2D eigenvalue weighted by atomic mass is 10.2. The zero-order valence-electron chi connectivity index (χ0n) is 10.3. The average Bonchev–Trinajstić information content (AvgIpc) is 2.97. The number of hydrogen-bond acceptors (Lipinski definition) is 4. The Morgan fingerprint density at radius 2 is 2.17 bits per heavy atom. The van der Waals surface area contributed by atoms with E-state index in [-0.39, 0.29) is 0 Å². The van der Waals surface area contributed by atoms with Crippen LogP contribution in [0.2, 0.25) is 0 Å². The van der Waals surface area contributed by atoms with Crippen LogP contribution in [0, 0.1) is 6.92 Å². The van der Waals surface area contributed by atoms with Crippen molar-refractivity contribution in [1.29, 1.82) is 0 Å². The van der Waals surface area contributed by atoms with Crippen molar-refractivity contribution in [3.05, 3.63) is 41.9 Å². The quantitative estimate of drug-likeness (QED) is 0.708. The van der Waals surface area contributed by atoms with E-state index >= 15 is 0 Å². The molecular weight excluding hydrogens is 230 g/mol. The maximum Gasteiger partial charge on any atom is 0.127 e. The first-order valence-corrected chi connectivity index (χ1v) is 5.69. The lowest BCUT2D eigenvalue weighted by molar-refractivity contribution is 0.300. The summed E-state index contributed by atoms with van der Waals surface area (Å²) in [6, 6.07) is 8.06. The second-order valence-corrected chi connectivity index (χ2v) is 4.16. The smallest absolute Gasteiger partial charge is 0.127 e. The molecule has 0 N–H and O–H groups in total. The van der Waals surface area contributed by atoms with Gasteiger partial charge in [0.2, 0.25) is 0 Å². The van der Waals surface area contributed by atoms with Crippen molar-refractivity contribution in [2.24, 2.45) is 0 Å². The minimum atomic E-state index is 0.658. The highest BCUT2D eigenvalue weighted by Gasteiger charge is 2.08. The fourth-order valence-corrected chi connectivity index (χ4v) is 2.00. The van der Waals surface area contributed by atoms with Crippen molar-refractivity contribution >= 4 is 10.9 Å². The summed E-state index contributed by atoms with van der Waals surface area (Å²) in [6.45, 7) is 2.55. The van der Waals surface area contributed by atoms with E-state index in [9.17, 15) is 0 Å². The van der Waals surface area contributed by atoms with Gasteiger partial charge in [0.15, 0.2) is 0 Å². The molecule has 3 rings (SSSR count). The molecule has 92 valence electrons. The van der Waals surface area contributed by atoms with Crippen molar-refractivity contribution in [2.75, 3.05) is 7.11 Å². The summed E-state index contributed by atoms with van der Waals surface area (Å²) < 4.78 is 12.0. The van der Waals surface area contributed by atoms with Gasteiger partial charge in [0.05, 0.1) is 13.7 Å². The first-order chi connectivity index (χ1) is 8.78. The number of benzene rings is 1. The van der Waals surface area contributed by atoms with Crippen LogP contribution in [-0.4, -0.2) is 22.0 Å². The van der Waals surface area contributed by atoms with E-state index in [0.717, 1.165) is 28.0 Å². The molecule has 5 heteroatoms. The number of nitrogens with zero attached hydrogens (tertiary/aromatic N) is 3. The molecule has 5 nitrogen and oxygen atoms in total. The number of aryl methyl sites for hydroxylation is 1. The van der Waals surface area contributed by atoms with Crippen LogP contribution in [0.4, 0.5) is 0 Å². The number of hydrogen-bond donors (Lipinski definition) is 0. The molecule has 0 fully saturated rings. The van der Waals surface area contributed by atoms with E-state index in [0.29, 0.717) is 6.54 Å². The van der Waals surface area contributed by atoms with Gasteiger partial charge in [-0.15, -0.1) is 0 Å². The van der Waals surface area contributed by atoms with Gasteiger partial charge in [0.25, 0.3) is 0 Å². The lowest BCUT2D eigenvalue weighted by Crippen LogP contribution is -1.99. The largest absolute Gasteiger partial charge is 0.497 e. The predicted molar refractivity (Wildman–Crippen MR) is 66.6 cm³/mol. The van der Waals surface area contributed by atoms with Gasteiger partial charge in [-0.05, 0) is 31.2 Å². The molecule has 0 unspecified atom stereocenters. The maximum atomic E-state index is 5.21. The maximum absolute atomic E-state index is 5.21. The van der Waals surface area contributed by atoms with E-state index in [1.165, 1.54) is 0 Å². The number of fused-ring (bicyclic) bond motifs is 1. The van der Waals surface area contributed by atoms with Gasteiger partial charge in [-0.25, -0.2) is 4.63 Å². The summed E-state index contributed by atoms with van der Waals surface area (Å²) in [5, 5.41) is 8.83. The van der Waals surface area contributed by atoms with E-state index in [1.807, 2.05) is 31.3 Å². The Kier molecular flexibility index (Phi) is 2.51. The highest BCUT2D eigenvalue weighted by Crippen LogP contribution is 2.22. The normalized spacial score (nSPS) is 11.0. The minimum Gasteiger partial charge on any atom is -0.497 e. The van der Waals surface area contributed by atoms with Gasteiger partial charge in [0, 0.05) is 17.1 Å². The highest BCUT2D eigenvalue weighted by molar-refractivity contribution is 5.81. The molecule has 0 spiro atoms. The zero-order valence-corrected chi connectivity index (χ0v) is 10.3. The number of aromatic nitrogens is 3. The van der Waals surface area contributed by atoms with Crippen LogP contribution < -0.4 is 4.74 Å². The van der Waals surface area contributed by atoms with Gasteiger partial charge in [0.1, 0.15) is 17.1 Å². The van der Waals surface area contributed by atoms with Crippen LogP contribution in [0.3, 0.4) is 0 Å². The summed E-state index contributed by atoms with van der Waals surface area (Å²) in [7, 11) is 1.67. The Labute approximate surface area is 104 Å². The van der Waals surface area contributed by atoms with Crippen molar-refractivity contribution in [3.8, 4) is 5.75 Å². The first-order valence-electron chi connectivity index (χ1n) is 5.69. The van der Waals surface area contributed by atoms with Crippen LogP contribution in [0.25, 0.3) is 10.9 Å². The summed E-state index contributed by atoms with van der Waals surface area (Å²) in [5.41, 5.74) is 2.81. The van der Waals surface area contributed by atoms with Gasteiger partial charge in [-0.2, -0.15) is 0 Å². The summed E-state index contributed by atoms with van der Waals surface area (Å²) in [6.07, 6.45) is 2.03. The topological polar surface area (TPSA) is 53.1 Å². The fraction of sp³-hybridized carbons (Fsp3) is 0.231. The van der Waals surface area contributed by atoms with Crippen LogP contribution in [0.1, 0.15) is 11.4 Å². The Morgan fingerprint density at radius 3 is 2.89 bits per heavy atom. The first kappa shape index (κ1) is 10.8. The van der Waals surface area contributed by atoms with Crippen LogP contribution >= 0.6 is 0 Å². The van der Waals surface area contributed by atoms with E-state index < -0.39 is 0 Å². The second kappa shape index (κ2) is 4.18. The monoisotopic (exact) mass is 243 g/mol. The molecule has 2 aromatic heterocycles. The molecule has 0 aliphatic heterocycles. The molecule has 0 amide bonds. The molecule has 0 saturated heterocycles. The highest BCUT2D eigenvalue weighted by atomic mass is 16.6. The predicted octanol–water partition coefficient (Wildman–Crippen LogP) is 2.39. The van der Waals surface area contributed by atoms with Gasteiger partial charge in [-0.3, -0.25) is 0 Å². The molecule has 2 heterocycles. The van der Waals surface area contributed by atoms with E-state index in [2.05, 4.69) is 20.9 Å². The van der Waals surface area contributed by atoms with Gasteiger partial charge >= 0.3 is 0 Å². The number of methoxy groups -OCH3 is 1. The Balaban J connectivity index is 2.00. The number of ether oxygens (including phenoxy) is 1. The van der Waals surface area contributed by atoms with Crippen molar-refractivity contribution < 1.29 is 9.37 Å². The van der Waals surface area contributed by atoms with Crippen LogP contribution in [-0.2, 0) is 6.54 Å². The summed E-state index contributed by atoms with van der Waals surface area (Å²) >= 11 is 0. The Morgan fingerprint density at radius 1 is 1.28 bits per heavy atom. The third-order valence-electron chi connectivity index (χ3n) is 3.04. The van der Waals surface area contributed by atoms with E-state index in [1.54, 1.807) is 7.11 Å². The molecule has 3 aromatic rings. The van der Waals surface area contributed by atoms with Gasteiger partial charge in [-0.1, -0.05) is 10.3 Å². The molecule has 1 aromatic carbocycles. The van der Waals surface area contributed by atoms with Gasteiger partial charge < -0.3 is 9.30 Å². The summed E-state index contributed by atoms with van der Waals surface area (Å²) in [5.74, 6) is 0.861. The number of rotatable bonds is 3. The third-order valence-corrected chi connectivity index (χ3v) is 3.04. The van der Waals surface area contributed by atoms with Crippen molar-refractivity contribution in [1.82, 2.24) is 14.9 Å². The molecule has 0 aliphatic carbocycles.